The molecule has 0 saturated heterocycles. The third kappa shape index (κ3) is 2.69. The molecule has 0 radical (unpaired) electrons. The van der Waals surface area contributed by atoms with Crippen LogP contribution < -0.4 is 5.32 Å². The topological polar surface area (TPSA) is 73.1 Å². The summed E-state index contributed by atoms with van der Waals surface area (Å²) in [6.45, 7) is 2.54. The van der Waals surface area contributed by atoms with Gasteiger partial charge in [-0.15, -0.1) is 0 Å². The smallest absolute Gasteiger partial charge is 0.328 e. The predicted molar refractivity (Wildman–Crippen MR) is 56.4 cm³/mol. The van der Waals surface area contributed by atoms with Crippen molar-refractivity contribution in [1.82, 2.24) is 0 Å². The highest BCUT2D eigenvalue weighted by Crippen LogP contribution is 2.24. The lowest BCUT2D eigenvalue weighted by molar-refractivity contribution is -0.141. The molecule has 0 unspecified atom stereocenters. The average molecular weight is 240 g/mol. The Morgan fingerprint density at radius 3 is 2.24 bits per heavy atom. The number of carboxylic acids is 1. The second kappa shape index (κ2) is 4.37. The van der Waals surface area contributed by atoms with E-state index in [-0.39, 0.29) is 5.56 Å². The molecule has 0 saturated carbocycles. The number of hydrogen-bond acceptors (Lipinski definition) is 3. The van der Waals surface area contributed by atoms with Crippen LogP contribution in [0.3, 0.4) is 0 Å². The maximum atomic E-state index is 13.4. The lowest BCUT2D eigenvalue weighted by atomic mass is 10.0. The molecule has 0 aliphatic heterocycles. The Morgan fingerprint density at radius 1 is 1.41 bits per heavy atom. The summed E-state index contributed by atoms with van der Waals surface area (Å²) in [6.07, 6.45) is 0. The maximum absolute atomic E-state index is 13.4. The van der Waals surface area contributed by atoms with Gasteiger partial charge >= 0.3 is 5.97 Å². The van der Waals surface area contributed by atoms with E-state index in [0.29, 0.717) is 0 Å². The van der Waals surface area contributed by atoms with Crippen molar-refractivity contribution in [2.24, 2.45) is 0 Å². The van der Waals surface area contributed by atoms with Gasteiger partial charge in [0.1, 0.15) is 11.2 Å². The zero-order chi connectivity index (χ0) is 13.2. The monoisotopic (exact) mass is 240 g/mol. The van der Waals surface area contributed by atoms with E-state index in [4.69, 9.17) is 10.4 Å². The van der Waals surface area contributed by atoms with Gasteiger partial charge in [0.2, 0.25) is 0 Å². The molecule has 1 aromatic carbocycles. The van der Waals surface area contributed by atoms with Crippen molar-refractivity contribution in [2.45, 2.75) is 19.4 Å². The molecule has 1 rings (SSSR count). The molecule has 0 heterocycles. The van der Waals surface area contributed by atoms with Crippen LogP contribution in [-0.4, -0.2) is 16.6 Å². The van der Waals surface area contributed by atoms with Gasteiger partial charge in [0.25, 0.3) is 0 Å². The molecular formula is C11H10F2N2O2. The highest BCUT2D eigenvalue weighted by Gasteiger charge is 2.29. The molecule has 0 aromatic heterocycles. The van der Waals surface area contributed by atoms with Crippen LogP contribution in [0, 0.1) is 23.0 Å². The molecule has 0 amide bonds. The minimum atomic E-state index is -1.52. The molecule has 0 aliphatic carbocycles. The zero-order valence-corrected chi connectivity index (χ0v) is 9.21. The number of nitriles is 1. The molecule has 0 atom stereocenters. The van der Waals surface area contributed by atoms with Crippen molar-refractivity contribution >= 4 is 11.7 Å². The van der Waals surface area contributed by atoms with Crippen LogP contribution >= 0.6 is 0 Å². The van der Waals surface area contributed by atoms with Crippen molar-refractivity contribution < 1.29 is 18.7 Å². The number of rotatable bonds is 3. The Hall–Kier alpha value is -2.16. The van der Waals surface area contributed by atoms with Gasteiger partial charge in [0, 0.05) is 0 Å². The first-order valence-corrected chi connectivity index (χ1v) is 4.68. The molecule has 6 heteroatoms. The summed E-state index contributed by atoms with van der Waals surface area (Å²) >= 11 is 0. The predicted octanol–water partition coefficient (Wildman–Crippen LogP) is 2.11. The van der Waals surface area contributed by atoms with Crippen molar-refractivity contribution in [3.8, 4) is 6.07 Å². The summed E-state index contributed by atoms with van der Waals surface area (Å²) in [5, 5.41) is 19.6. The summed E-state index contributed by atoms with van der Waals surface area (Å²) < 4.78 is 26.9. The number of hydrogen-bond donors (Lipinski definition) is 2. The fourth-order valence-electron chi connectivity index (χ4n) is 1.12. The number of carbonyl (C=O) groups is 1. The van der Waals surface area contributed by atoms with E-state index in [9.17, 15) is 13.6 Å². The number of halogens is 2. The third-order valence-corrected chi connectivity index (χ3v) is 2.14. The van der Waals surface area contributed by atoms with Crippen molar-refractivity contribution in [2.75, 3.05) is 5.32 Å². The lowest BCUT2D eigenvalue weighted by Gasteiger charge is -2.23. The Balaban J connectivity index is 3.17. The van der Waals surface area contributed by atoms with Crippen LogP contribution in [0.4, 0.5) is 14.5 Å². The van der Waals surface area contributed by atoms with Gasteiger partial charge in [-0.2, -0.15) is 5.26 Å². The molecular weight excluding hydrogens is 230 g/mol. The quantitative estimate of drug-likeness (QED) is 0.848. The lowest BCUT2D eigenvalue weighted by Crippen LogP contribution is -2.40. The summed E-state index contributed by atoms with van der Waals surface area (Å²) in [7, 11) is 0. The summed E-state index contributed by atoms with van der Waals surface area (Å²) in [5.74, 6) is -3.26. The number of aliphatic carboxylic acids is 1. The van der Waals surface area contributed by atoms with E-state index in [2.05, 4.69) is 5.32 Å². The van der Waals surface area contributed by atoms with Crippen LogP contribution in [0.1, 0.15) is 19.4 Å². The largest absolute Gasteiger partial charge is 0.480 e. The highest BCUT2D eigenvalue weighted by atomic mass is 19.1. The van der Waals surface area contributed by atoms with Crippen LogP contribution in [0.5, 0.6) is 0 Å². The SMILES string of the molecule is CC(C)(Nc1c(F)cc(C#N)cc1F)C(=O)O. The molecule has 2 N–H and O–H groups in total. The van der Waals surface area contributed by atoms with Gasteiger partial charge in [-0.3, -0.25) is 0 Å². The van der Waals surface area contributed by atoms with E-state index in [0.717, 1.165) is 12.1 Å². The molecule has 0 bridgehead atoms. The van der Waals surface area contributed by atoms with Gasteiger partial charge in [-0.25, -0.2) is 13.6 Å². The number of benzene rings is 1. The second-order valence-corrected chi connectivity index (χ2v) is 3.98. The number of nitrogens with zero attached hydrogens (tertiary/aromatic N) is 1. The first-order valence-electron chi connectivity index (χ1n) is 4.68. The van der Waals surface area contributed by atoms with Gasteiger partial charge in [0.05, 0.1) is 11.6 Å². The molecule has 1 aromatic rings. The molecule has 90 valence electrons. The molecule has 0 aliphatic rings. The van der Waals surface area contributed by atoms with E-state index < -0.39 is 28.8 Å². The summed E-state index contributed by atoms with van der Waals surface area (Å²) in [4.78, 5) is 10.8. The van der Waals surface area contributed by atoms with Crippen molar-refractivity contribution in [3.05, 3.63) is 29.3 Å². The number of nitrogens with one attached hydrogen (secondary N) is 1. The average Bonchev–Trinajstić information content (AvgIpc) is 2.22. The maximum Gasteiger partial charge on any atom is 0.328 e. The normalized spacial score (nSPS) is 10.8. The summed E-state index contributed by atoms with van der Waals surface area (Å²) in [6, 6.07) is 3.27. The molecule has 17 heavy (non-hydrogen) atoms. The number of anilines is 1. The second-order valence-electron chi connectivity index (χ2n) is 3.98. The van der Waals surface area contributed by atoms with Gasteiger partial charge in [0.15, 0.2) is 11.6 Å². The van der Waals surface area contributed by atoms with Crippen LogP contribution in [0.25, 0.3) is 0 Å². The Morgan fingerprint density at radius 2 is 1.88 bits per heavy atom. The Labute approximate surface area is 96.5 Å². The van der Waals surface area contributed by atoms with E-state index in [1.807, 2.05) is 0 Å². The first kappa shape index (κ1) is 12.9. The zero-order valence-electron chi connectivity index (χ0n) is 9.21. The van der Waals surface area contributed by atoms with E-state index >= 15 is 0 Å². The molecule has 0 spiro atoms. The summed E-state index contributed by atoms with van der Waals surface area (Å²) in [5.41, 5.74) is -2.24. The highest BCUT2D eigenvalue weighted by molar-refractivity contribution is 5.81. The van der Waals surface area contributed by atoms with Crippen molar-refractivity contribution in [1.29, 1.82) is 5.26 Å². The minimum Gasteiger partial charge on any atom is -0.480 e. The Bertz CT molecular complexity index is 484. The standard InChI is InChI=1S/C11H10F2N2O2/c1-11(2,10(16)17)15-9-7(12)3-6(5-14)4-8(9)13/h3-4,15H,1-2H3,(H,16,17). The van der Waals surface area contributed by atoms with Crippen LogP contribution in [0.2, 0.25) is 0 Å². The minimum absolute atomic E-state index is 0.168. The van der Waals surface area contributed by atoms with Crippen LogP contribution in [-0.2, 0) is 4.79 Å². The third-order valence-electron chi connectivity index (χ3n) is 2.14. The number of carboxylic acid groups (broad SMARTS) is 1. The van der Waals surface area contributed by atoms with Gasteiger partial charge in [-0.1, -0.05) is 0 Å². The fraction of sp³-hybridized carbons (Fsp3) is 0.273. The Kier molecular flexibility index (Phi) is 3.32. The van der Waals surface area contributed by atoms with Crippen LogP contribution in [0.15, 0.2) is 12.1 Å². The van der Waals surface area contributed by atoms with Crippen molar-refractivity contribution in [3.63, 3.8) is 0 Å². The fourth-order valence-corrected chi connectivity index (χ4v) is 1.12. The first-order chi connectivity index (χ1) is 7.77. The van der Waals surface area contributed by atoms with E-state index in [1.54, 1.807) is 6.07 Å². The van der Waals surface area contributed by atoms with Gasteiger partial charge in [-0.05, 0) is 26.0 Å². The molecule has 0 fully saturated rings. The van der Waals surface area contributed by atoms with Gasteiger partial charge < -0.3 is 10.4 Å². The van der Waals surface area contributed by atoms with E-state index in [1.165, 1.54) is 13.8 Å². The molecule has 4 nitrogen and oxygen atoms in total.